The van der Waals surface area contributed by atoms with Gasteiger partial charge in [0.05, 0.1) is 12.1 Å². The molecular formula is C20H26ClN7O. The molecule has 154 valence electrons. The molecule has 3 N–H and O–H groups in total. The van der Waals surface area contributed by atoms with E-state index in [0.29, 0.717) is 35.0 Å². The van der Waals surface area contributed by atoms with Crippen LogP contribution in [-0.4, -0.2) is 51.8 Å². The van der Waals surface area contributed by atoms with E-state index in [9.17, 15) is 5.11 Å². The number of anilines is 3. The Morgan fingerprint density at radius 2 is 1.90 bits per heavy atom. The molecule has 29 heavy (non-hydrogen) atoms. The minimum absolute atomic E-state index is 0. The Bertz CT molecular complexity index is 998. The van der Waals surface area contributed by atoms with Gasteiger partial charge in [-0.2, -0.15) is 4.98 Å². The maximum absolute atomic E-state index is 10.6. The van der Waals surface area contributed by atoms with Crippen molar-refractivity contribution in [2.45, 2.75) is 31.9 Å². The number of hydrogen-bond donors (Lipinski definition) is 3. The quantitative estimate of drug-likeness (QED) is 0.565. The first-order valence-electron chi connectivity index (χ1n) is 9.54. The zero-order chi connectivity index (χ0) is 19.7. The molecule has 4 rings (SSSR count). The van der Waals surface area contributed by atoms with E-state index in [2.05, 4.69) is 43.6 Å². The van der Waals surface area contributed by atoms with Crippen LogP contribution in [0.1, 0.15) is 30.5 Å². The molecule has 3 aromatic rings. The molecule has 0 fully saturated rings. The van der Waals surface area contributed by atoms with Gasteiger partial charge in [0.25, 0.3) is 0 Å². The summed E-state index contributed by atoms with van der Waals surface area (Å²) in [5, 5.41) is 17.3. The van der Waals surface area contributed by atoms with Crippen molar-refractivity contribution in [3.05, 3.63) is 41.7 Å². The van der Waals surface area contributed by atoms with Crippen molar-refractivity contribution >= 4 is 41.0 Å². The van der Waals surface area contributed by atoms with Crippen LogP contribution < -0.4 is 15.5 Å². The van der Waals surface area contributed by atoms with Crippen molar-refractivity contribution in [3.8, 4) is 0 Å². The van der Waals surface area contributed by atoms with E-state index in [0.717, 1.165) is 24.1 Å². The highest BCUT2D eigenvalue weighted by molar-refractivity contribution is 5.93. The molecule has 0 unspecified atom stereocenters. The number of nitrogens with one attached hydrogen (secondary N) is 2. The molecule has 1 aromatic carbocycles. The Kier molecular flexibility index (Phi) is 6.34. The highest BCUT2D eigenvalue weighted by atomic mass is 35.5. The third-order valence-corrected chi connectivity index (χ3v) is 4.91. The molecule has 0 radical (unpaired) electrons. The van der Waals surface area contributed by atoms with Crippen LogP contribution in [0.4, 0.5) is 17.6 Å². The Balaban J connectivity index is 0.00000240. The lowest BCUT2D eigenvalue weighted by Gasteiger charge is -2.20. The van der Waals surface area contributed by atoms with Crippen LogP contribution in [0.3, 0.4) is 0 Å². The lowest BCUT2D eigenvalue weighted by atomic mass is 10.1. The van der Waals surface area contributed by atoms with Crippen molar-refractivity contribution in [2.75, 3.05) is 36.2 Å². The molecule has 1 aliphatic carbocycles. The summed E-state index contributed by atoms with van der Waals surface area (Å²) in [6, 6.07) is 7.84. The van der Waals surface area contributed by atoms with Crippen LogP contribution in [0.25, 0.3) is 11.0 Å². The molecule has 2 heterocycles. The van der Waals surface area contributed by atoms with Gasteiger partial charge in [0.1, 0.15) is 17.4 Å². The normalized spacial score (nSPS) is 17.5. The van der Waals surface area contributed by atoms with Gasteiger partial charge in [-0.15, -0.1) is 12.4 Å². The van der Waals surface area contributed by atoms with E-state index >= 15 is 0 Å². The molecule has 0 saturated carbocycles. The zero-order valence-electron chi connectivity index (χ0n) is 16.8. The zero-order valence-corrected chi connectivity index (χ0v) is 17.6. The first-order valence-corrected chi connectivity index (χ1v) is 9.54. The van der Waals surface area contributed by atoms with Gasteiger partial charge in [0.15, 0.2) is 11.6 Å². The number of benzene rings is 1. The SMILES string of the molecule is CCCNc1nc(N(C)C)nc2c(N[C@H]3c4ccccc4C[C@H]3O)ncnc12.Cl. The maximum Gasteiger partial charge on any atom is 0.227 e. The Hall–Kier alpha value is -2.71. The van der Waals surface area contributed by atoms with E-state index in [1.165, 1.54) is 6.33 Å². The predicted molar refractivity (Wildman–Crippen MR) is 118 cm³/mol. The maximum atomic E-state index is 10.6. The number of halogens is 1. The third-order valence-electron chi connectivity index (χ3n) is 4.91. The van der Waals surface area contributed by atoms with Crippen LogP contribution in [0, 0.1) is 0 Å². The molecule has 0 spiro atoms. The van der Waals surface area contributed by atoms with Crippen molar-refractivity contribution in [1.82, 2.24) is 19.9 Å². The van der Waals surface area contributed by atoms with Gasteiger partial charge in [-0.1, -0.05) is 31.2 Å². The Morgan fingerprint density at radius 3 is 2.66 bits per heavy atom. The van der Waals surface area contributed by atoms with Gasteiger partial charge in [0, 0.05) is 27.1 Å². The molecule has 2 aromatic heterocycles. The van der Waals surface area contributed by atoms with Gasteiger partial charge in [-0.3, -0.25) is 0 Å². The number of fused-ring (bicyclic) bond motifs is 2. The number of nitrogens with zero attached hydrogens (tertiary/aromatic N) is 5. The van der Waals surface area contributed by atoms with Crippen LogP contribution in [0.5, 0.6) is 0 Å². The predicted octanol–water partition coefficient (Wildman–Crippen LogP) is 2.80. The number of hydrogen-bond acceptors (Lipinski definition) is 8. The summed E-state index contributed by atoms with van der Waals surface area (Å²) in [6.07, 6.45) is 2.59. The van der Waals surface area contributed by atoms with Crippen molar-refractivity contribution in [2.24, 2.45) is 0 Å². The monoisotopic (exact) mass is 415 g/mol. The number of rotatable bonds is 6. The highest BCUT2D eigenvalue weighted by Crippen LogP contribution is 2.35. The summed E-state index contributed by atoms with van der Waals surface area (Å²) in [7, 11) is 3.80. The average Bonchev–Trinajstić information content (AvgIpc) is 3.01. The summed E-state index contributed by atoms with van der Waals surface area (Å²) < 4.78 is 0. The lowest BCUT2D eigenvalue weighted by molar-refractivity contribution is 0.165. The van der Waals surface area contributed by atoms with Crippen molar-refractivity contribution < 1.29 is 5.11 Å². The first-order chi connectivity index (χ1) is 13.6. The minimum atomic E-state index is -0.518. The van der Waals surface area contributed by atoms with Crippen LogP contribution in [0.15, 0.2) is 30.6 Å². The molecule has 2 atom stereocenters. The molecule has 1 aliphatic rings. The minimum Gasteiger partial charge on any atom is -0.390 e. The fourth-order valence-electron chi connectivity index (χ4n) is 3.50. The Morgan fingerprint density at radius 1 is 1.10 bits per heavy atom. The van der Waals surface area contributed by atoms with E-state index in [4.69, 9.17) is 0 Å². The summed E-state index contributed by atoms with van der Waals surface area (Å²) in [5.41, 5.74) is 3.54. The first kappa shape index (κ1) is 21.0. The topological polar surface area (TPSA) is 99.1 Å². The summed E-state index contributed by atoms with van der Waals surface area (Å²) in [5.74, 6) is 1.86. The van der Waals surface area contributed by atoms with Crippen LogP contribution >= 0.6 is 12.4 Å². The van der Waals surface area contributed by atoms with Crippen LogP contribution in [-0.2, 0) is 6.42 Å². The summed E-state index contributed by atoms with van der Waals surface area (Å²) >= 11 is 0. The van der Waals surface area contributed by atoms with Crippen molar-refractivity contribution in [1.29, 1.82) is 0 Å². The summed E-state index contributed by atoms with van der Waals surface area (Å²) in [4.78, 5) is 20.0. The second-order valence-electron chi connectivity index (χ2n) is 7.21. The highest BCUT2D eigenvalue weighted by Gasteiger charge is 2.31. The van der Waals surface area contributed by atoms with E-state index in [-0.39, 0.29) is 18.4 Å². The number of aromatic nitrogens is 4. The molecular weight excluding hydrogens is 390 g/mol. The number of aliphatic hydroxyl groups excluding tert-OH is 1. The smallest absolute Gasteiger partial charge is 0.227 e. The van der Waals surface area contributed by atoms with E-state index in [1.807, 2.05) is 37.2 Å². The average molecular weight is 416 g/mol. The van der Waals surface area contributed by atoms with Gasteiger partial charge in [-0.25, -0.2) is 15.0 Å². The number of aliphatic hydroxyl groups is 1. The molecule has 0 aliphatic heterocycles. The van der Waals surface area contributed by atoms with Gasteiger partial charge < -0.3 is 20.6 Å². The third kappa shape index (κ3) is 4.04. The molecule has 0 bridgehead atoms. The van der Waals surface area contributed by atoms with Crippen LogP contribution in [0.2, 0.25) is 0 Å². The Labute approximate surface area is 176 Å². The fourth-order valence-corrected chi connectivity index (χ4v) is 3.50. The van der Waals surface area contributed by atoms with E-state index in [1.54, 1.807) is 0 Å². The van der Waals surface area contributed by atoms with Gasteiger partial charge >= 0.3 is 0 Å². The second kappa shape index (κ2) is 8.75. The van der Waals surface area contributed by atoms with Gasteiger partial charge in [-0.05, 0) is 17.5 Å². The second-order valence-corrected chi connectivity index (χ2v) is 7.21. The molecule has 8 nitrogen and oxygen atoms in total. The lowest BCUT2D eigenvalue weighted by Crippen LogP contribution is -2.22. The van der Waals surface area contributed by atoms with Gasteiger partial charge in [0.2, 0.25) is 5.95 Å². The summed E-state index contributed by atoms with van der Waals surface area (Å²) in [6.45, 7) is 2.89. The fraction of sp³-hybridized carbons (Fsp3) is 0.400. The van der Waals surface area contributed by atoms with E-state index < -0.39 is 6.10 Å². The molecule has 0 saturated heterocycles. The largest absolute Gasteiger partial charge is 0.390 e. The molecule has 0 amide bonds. The standard InChI is InChI=1S/C20H25N7O.ClH/c1-4-9-21-18-16-17(25-20(26-18)27(2)3)19(23-11-22-16)24-15-13-8-6-5-7-12(13)10-14(15)28;/h5-8,11,14-15,28H,4,9-10H2,1-3H3,(H,21,25,26)(H,22,23,24);1H/t14-,15+;/m1./s1. The molecule has 9 heteroatoms. The van der Waals surface area contributed by atoms with Crippen molar-refractivity contribution in [3.63, 3.8) is 0 Å².